The number of benzene rings is 1. The number of hydrogen-bond acceptors (Lipinski definition) is 4. The van der Waals surface area contributed by atoms with E-state index in [1.54, 1.807) is 6.92 Å². The monoisotopic (exact) mass is 322 g/mol. The fraction of sp³-hybridized carbons (Fsp3) is 0.400. The lowest BCUT2D eigenvalue weighted by atomic mass is 10.2. The van der Waals surface area contributed by atoms with E-state index in [1.807, 2.05) is 24.3 Å². The number of likely N-dealkylation sites (N-methyl/N-ethyl adjacent to an activating group) is 1. The topological polar surface area (TPSA) is 77.9 Å². The first-order valence-corrected chi connectivity index (χ1v) is 8.03. The zero-order chi connectivity index (χ0) is 16.1. The number of anilines is 1. The van der Waals surface area contributed by atoms with E-state index in [4.69, 9.17) is 5.11 Å². The van der Waals surface area contributed by atoms with E-state index in [9.17, 15) is 14.4 Å². The number of nitrogens with zero attached hydrogens (tertiary/aromatic N) is 2. The van der Waals surface area contributed by atoms with Crippen molar-refractivity contribution in [2.75, 3.05) is 30.3 Å². The third-order valence-electron chi connectivity index (χ3n) is 3.43. The van der Waals surface area contributed by atoms with Crippen LogP contribution >= 0.6 is 11.8 Å². The molecule has 2 amide bonds. The predicted molar refractivity (Wildman–Crippen MR) is 84.0 cm³/mol. The number of aliphatic carboxylic acids is 1. The van der Waals surface area contributed by atoms with Crippen LogP contribution in [0.25, 0.3) is 0 Å². The van der Waals surface area contributed by atoms with Crippen LogP contribution in [0.1, 0.15) is 13.3 Å². The summed E-state index contributed by atoms with van der Waals surface area (Å²) in [4.78, 5) is 39.0. The summed E-state index contributed by atoms with van der Waals surface area (Å²) in [5.41, 5.74) is 0.742. The van der Waals surface area contributed by atoms with Crippen LogP contribution in [-0.2, 0) is 14.4 Å². The van der Waals surface area contributed by atoms with Crippen molar-refractivity contribution in [3.63, 3.8) is 0 Å². The molecule has 0 saturated carbocycles. The van der Waals surface area contributed by atoms with E-state index < -0.39 is 5.97 Å². The van der Waals surface area contributed by atoms with Gasteiger partial charge in [0.1, 0.15) is 6.54 Å². The second-order valence-electron chi connectivity index (χ2n) is 4.85. The number of rotatable bonds is 6. The molecule has 0 fully saturated rings. The number of carbonyl (C=O) groups excluding carboxylic acids is 2. The predicted octanol–water partition coefficient (Wildman–Crippen LogP) is 1.45. The number of carboxylic acids is 1. The van der Waals surface area contributed by atoms with Gasteiger partial charge in [-0.15, -0.1) is 11.8 Å². The van der Waals surface area contributed by atoms with Crippen molar-refractivity contribution in [3.8, 4) is 0 Å². The van der Waals surface area contributed by atoms with E-state index in [-0.39, 0.29) is 31.3 Å². The largest absolute Gasteiger partial charge is 0.481 e. The van der Waals surface area contributed by atoms with Gasteiger partial charge in [-0.25, -0.2) is 0 Å². The summed E-state index contributed by atoms with van der Waals surface area (Å²) in [6.45, 7) is 2.32. The summed E-state index contributed by atoms with van der Waals surface area (Å²) in [6, 6.07) is 7.47. The fourth-order valence-electron chi connectivity index (χ4n) is 2.25. The molecule has 0 aromatic heterocycles. The van der Waals surface area contributed by atoms with E-state index in [0.717, 1.165) is 10.6 Å². The van der Waals surface area contributed by atoms with Gasteiger partial charge < -0.3 is 14.9 Å². The molecule has 1 aliphatic heterocycles. The number of carbonyl (C=O) groups is 3. The number of thioether (sulfide) groups is 1. The molecule has 0 atom stereocenters. The van der Waals surface area contributed by atoms with Gasteiger partial charge in [-0.05, 0) is 19.1 Å². The highest BCUT2D eigenvalue weighted by Gasteiger charge is 2.27. The zero-order valence-electron chi connectivity index (χ0n) is 12.3. The lowest BCUT2D eigenvalue weighted by molar-refractivity contribution is -0.138. The molecule has 0 aliphatic carbocycles. The minimum Gasteiger partial charge on any atom is -0.481 e. The van der Waals surface area contributed by atoms with Crippen molar-refractivity contribution in [3.05, 3.63) is 24.3 Å². The molecular formula is C15H18N2O4S. The van der Waals surface area contributed by atoms with Gasteiger partial charge in [0.15, 0.2) is 0 Å². The Hall–Kier alpha value is -2.02. The highest BCUT2D eigenvalue weighted by Crippen LogP contribution is 2.34. The lowest BCUT2D eigenvalue weighted by Gasteiger charge is -2.30. The van der Waals surface area contributed by atoms with E-state index in [1.165, 1.54) is 21.6 Å². The summed E-state index contributed by atoms with van der Waals surface area (Å²) in [5.74, 6) is -0.974. The maximum absolute atomic E-state index is 12.3. The Morgan fingerprint density at radius 3 is 2.77 bits per heavy atom. The smallest absolute Gasteiger partial charge is 0.305 e. The van der Waals surface area contributed by atoms with Crippen molar-refractivity contribution in [2.24, 2.45) is 0 Å². The second-order valence-corrected chi connectivity index (χ2v) is 5.87. The first kappa shape index (κ1) is 16.4. The Morgan fingerprint density at radius 1 is 1.36 bits per heavy atom. The number of carboxylic acid groups (broad SMARTS) is 1. The van der Waals surface area contributed by atoms with Gasteiger partial charge in [0, 0.05) is 18.0 Å². The summed E-state index contributed by atoms with van der Waals surface area (Å²) >= 11 is 1.46. The van der Waals surface area contributed by atoms with Crippen LogP contribution in [0.3, 0.4) is 0 Å². The number of amides is 2. The molecule has 1 heterocycles. The molecule has 0 radical (unpaired) electrons. The summed E-state index contributed by atoms with van der Waals surface area (Å²) in [6.07, 6.45) is -0.0973. The third kappa shape index (κ3) is 3.79. The molecule has 0 saturated heterocycles. The van der Waals surface area contributed by atoms with Crippen molar-refractivity contribution in [2.45, 2.75) is 18.2 Å². The van der Waals surface area contributed by atoms with Crippen LogP contribution in [-0.4, -0.2) is 53.2 Å². The Labute approximate surface area is 133 Å². The average molecular weight is 322 g/mol. The molecule has 118 valence electrons. The van der Waals surface area contributed by atoms with Crippen molar-refractivity contribution in [1.82, 2.24) is 4.90 Å². The van der Waals surface area contributed by atoms with Crippen LogP contribution in [0, 0.1) is 0 Å². The van der Waals surface area contributed by atoms with Crippen LogP contribution in [0.4, 0.5) is 5.69 Å². The molecule has 1 aromatic rings. The molecular weight excluding hydrogens is 304 g/mol. The summed E-state index contributed by atoms with van der Waals surface area (Å²) < 4.78 is 0. The Morgan fingerprint density at radius 2 is 2.09 bits per heavy atom. The third-order valence-corrected chi connectivity index (χ3v) is 4.48. The first-order valence-electron chi connectivity index (χ1n) is 7.04. The van der Waals surface area contributed by atoms with E-state index in [2.05, 4.69) is 0 Å². The Bertz CT molecular complexity index is 591. The summed E-state index contributed by atoms with van der Waals surface area (Å²) in [5, 5.41) is 8.73. The van der Waals surface area contributed by atoms with Gasteiger partial charge in [0.2, 0.25) is 11.8 Å². The molecule has 0 bridgehead atoms. The minimum atomic E-state index is -0.943. The Balaban J connectivity index is 2.10. The highest BCUT2D eigenvalue weighted by molar-refractivity contribution is 8.00. The fourth-order valence-corrected chi connectivity index (χ4v) is 3.19. The zero-order valence-corrected chi connectivity index (χ0v) is 13.1. The maximum Gasteiger partial charge on any atom is 0.305 e. The minimum absolute atomic E-state index is 0.0517. The normalized spacial score (nSPS) is 13.7. The highest BCUT2D eigenvalue weighted by atomic mass is 32.2. The van der Waals surface area contributed by atoms with Crippen LogP contribution in [0.15, 0.2) is 29.2 Å². The molecule has 6 nitrogen and oxygen atoms in total. The van der Waals surface area contributed by atoms with Gasteiger partial charge in [0.25, 0.3) is 0 Å². The van der Waals surface area contributed by atoms with Gasteiger partial charge in [-0.2, -0.15) is 0 Å². The number of para-hydroxylation sites is 1. The van der Waals surface area contributed by atoms with Gasteiger partial charge in [0.05, 0.1) is 17.9 Å². The molecule has 1 aromatic carbocycles. The average Bonchev–Trinajstić information content (AvgIpc) is 2.50. The first-order chi connectivity index (χ1) is 10.5. The van der Waals surface area contributed by atoms with Crippen molar-refractivity contribution < 1.29 is 19.5 Å². The number of hydrogen-bond donors (Lipinski definition) is 1. The SMILES string of the molecule is CCN(CCC(=O)O)C(=O)CN1C(=O)CSc2ccccc21. The van der Waals surface area contributed by atoms with Crippen molar-refractivity contribution >= 4 is 35.2 Å². The van der Waals surface area contributed by atoms with E-state index in [0.29, 0.717) is 12.3 Å². The van der Waals surface area contributed by atoms with Crippen molar-refractivity contribution in [1.29, 1.82) is 0 Å². The van der Waals surface area contributed by atoms with E-state index >= 15 is 0 Å². The maximum atomic E-state index is 12.3. The molecule has 0 unspecified atom stereocenters. The lowest BCUT2D eigenvalue weighted by Crippen LogP contribution is -2.45. The van der Waals surface area contributed by atoms with Gasteiger partial charge in [-0.3, -0.25) is 14.4 Å². The molecule has 1 N–H and O–H groups in total. The molecule has 0 spiro atoms. The van der Waals surface area contributed by atoms with Crippen LogP contribution in [0.5, 0.6) is 0 Å². The second kappa shape index (κ2) is 7.31. The standard InChI is InChI=1S/C15H18N2O4S/c1-2-16(8-7-15(20)21)13(18)9-17-11-5-3-4-6-12(11)22-10-14(17)19/h3-6H,2,7-10H2,1H3,(H,20,21). The molecule has 22 heavy (non-hydrogen) atoms. The van der Waals surface area contributed by atoms with Crippen LogP contribution in [0.2, 0.25) is 0 Å². The molecule has 2 rings (SSSR count). The Kier molecular flexibility index (Phi) is 5.43. The molecule has 1 aliphatic rings. The molecule has 7 heteroatoms. The van der Waals surface area contributed by atoms with Crippen LogP contribution < -0.4 is 4.90 Å². The quantitative estimate of drug-likeness (QED) is 0.857. The van der Waals surface area contributed by atoms with Gasteiger partial charge in [-0.1, -0.05) is 12.1 Å². The summed E-state index contributed by atoms with van der Waals surface area (Å²) in [7, 11) is 0. The number of fused-ring (bicyclic) bond motifs is 1. The van der Waals surface area contributed by atoms with Gasteiger partial charge >= 0.3 is 5.97 Å².